The first-order chi connectivity index (χ1) is 6.04. The second-order valence-corrected chi connectivity index (χ2v) is 2.90. The molecule has 0 spiro atoms. The van der Waals surface area contributed by atoms with Gasteiger partial charge < -0.3 is 5.73 Å². The normalized spacial score (nSPS) is 13.4. The van der Waals surface area contributed by atoms with E-state index in [1.165, 1.54) is 12.1 Å². The molecule has 0 aliphatic rings. The highest BCUT2D eigenvalue weighted by Gasteiger charge is 2.23. The first-order valence-electron chi connectivity index (χ1n) is 3.51. The van der Waals surface area contributed by atoms with Gasteiger partial charge in [0.25, 0.3) is 6.43 Å². The van der Waals surface area contributed by atoms with Crippen LogP contribution >= 0.6 is 11.6 Å². The molecule has 0 unspecified atom stereocenters. The minimum absolute atomic E-state index is 0.0761. The lowest BCUT2D eigenvalue weighted by Gasteiger charge is -2.12. The van der Waals surface area contributed by atoms with E-state index in [1.54, 1.807) is 0 Å². The van der Waals surface area contributed by atoms with Crippen molar-refractivity contribution in [1.82, 2.24) is 0 Å². The lowest BCUT2D eigenvalue weighted by molar-refractivity contribution is 0.115. The minimum Gasteiger partial charge on any atom is -0.319 e. The van der Waals surface area contributed by atoms with E-state index in [2.05, 4.69) is 0 Å². The molecule has 0 aliphatic heterocycles. The molecule has 0 aromatic heterocycles. The summed E-state index contributed by atoms with van der Waals surface area (Å²) in [6.45, 7) is 0. The van der Waals surface area contributed by atoms with Gasteiger partial charge in [0, 0.05) is 10.6 Å². The summed E-state index contributed by atoms with van der Waals surface area (Å²) in [6.07, 6.45) is -2.82. The van der Waals surface area contributed by atoms with Gasteiger partial charge in [0.1, 0.15) is 5.82 Å². The van der Waals surface area contributed by atoms with Crippen LogP contribution in [0.1, 0.15) is 11.6 Å². The Morgan fingerprint density at radius 1 is 1.31 bits per heavy atom. The van der Waals surface area contributed by atoms with Crippen molar-refractivity contribution in [2.75, 3.05) is 0 Å². The van der Waals surface area contributed by atoms with Crippen LogP contribution < -0.4 is 5.73 Å². The molecule has 0 fully saturated rings. The van der Waals surface area contributed by atoms with E-state index in [1.807, 2.05) is 0 Å². The molecule has 0 saturated carbocycles. The van der Waals surface area contributed by atoms with Crippen LogP contribution in [-0.2, 0) is 0 Å². The Morgan fingerprint density at radius 3 is 2.38 bits per heavy atom. The van der Waals surface area contributed by atoms with Gasteiger partial charge in [-0.05, 0) is 12.1 Å². The van der Waals surface area contributed by atoms with Gasteiger partial charge in [-0.3, -0.25) is 0 Å². The molecule has 0 amide bonds. The van der Waals surface area contributed by atoms with Crippen LogP contribution in [0, 0.1) is 5.82 Å². The average molecular weight is 210 g/mol. The van der Waals surface area contributed by atoms with Crippen molar-refractivity contribution in [2.45, 2.75) is 12.5 Å². The smallest absolute Gasteiger partial charge is 0.257 e. The molecule has 1 aromatic rings. The molecular formula is C8H7ClF3N. The molecule has 0 radical (unpaired) electrons. The van der Waals surface area contributed by atoms with E-state index in [9.17, 15) is 13.2 Å². The predicted octanol–water partition coefficient (Wildman–Crippen LogP) is 2.74. The number of nitrogens with two attached hydrogens (primary N) is 1. The zero-order chi connectivity index (χ0) is 10.0. The first kappa shape index (κ1) is 10.3. The Labute approximate surface area is 78.3 Å². The maximum atomic E-state index is 13.0. The molecule has 72 valence electrons. The molecule has 0 saturated heterocycles. The van der Waals surface area contributed by atoms with Crippen molar-refractivity contribution in [1.29, 1.82) is 0 Å². The number of halogens is 4. The number of hydrogen-bond donors (Lipinski definition) is 1. The maximum Gasteiger partial charge on any atom is 0.257 e. The van der Waals surface area contributed by atoms with E-state index in [-0.39, 0.29) is 10.6 Å². The van der Waals surface area contributed by atoms with E-state index in [0.717, 1.165) is 6.07 Å². The summed E-state index contributed by atoms with van der Waals surface area (Å²) in [5.41, 5.74) is 4.73. The highest BCUT2D eigenvalue weighted by Crippen LogP contribution is 2.27. The Morgan fingerprint density at radius 2 is 1.92 bits per heavy atom. The van der Waals surface area contributed by atoms with Gasteiger partial charge in [0.2, 0.25) is 0 Å². The number of hydrogen-bond acceptors (Lipinski definition) is 1. The molecule has 1 nitrogen and oxygen atoms in total. The molecule has 1 atom stereocenters. The first-order valence-corrected chi connectivity index (χ1v) is 3.89. The summed E-state index contributed by atoms with van der Waals surface area (Å²) in [6, 6.07) is 2.03. The fourth-order valence-corrected chi connectivity index (χ4v) is 1.24. The average Bonchev–Trinajstić information content (AvgIpc) is 2.03. The molecular weight excluding hydrogens is 203 g/mol. The van der Waals surface area contributed by atoms with E-state index < -0.39 is 18.3 Å². The van der Waals surface area contributed by atoms with Crippen molar-refractivity contribution in [3.8, 4) is 0 Å². The Bertz CT molecular complexity index is 283. The van der Waals surface area contributed by atoms with E-state index in [4.69, 9.17) is 17.3 Å². The third-order valence-corrected chi connectivity index (χ3v) is 1.93. The van der Waals surface area contributed by atoms with Crippen molar-refractivity contribution < 1.29 is 13.2 Å². The molecule has 0 bridgehead atoms. The van der Waals surface area contributed by atoms with Gasteiger partial charge in [-0.25, -0.2) is 13.2 Å². The Kier molecular flexibility index (Phi) is 3.17. The lowest BCUT2D eigenvalue weighted by atomic mass is 10.1. The molecule has 5 heteroatoms. The van der Waals surface area contributed by atoms with E-state index >= 15 is 0 Å². The van der Waals surface area contributed by atoms with Crippen LogP contribution in [0.15, 0.2) is 18.2 Å². The Hall–Kier alpha value is -0.740. The zero-order valence-electron chi connectivity index (χ0n) is 6.48. The fraction of sp³-hybridized carbons (Fsp3) is 0.250. The van der Waals surface area contributed by atoms with E-state index in [0.29, 0.717) is 0 Å². The standard InChI is InChI=1S/C8H7ClF3N/c9-4-2-1-3-5(10)6(4)7(13)8(11)12/h1-3,7-8H,13H2/t7-/m0/s1. The summed E-state index contributed by atoms with van der Waals surface area (Å²) in [7, 11) is 0. The van der Waals surface area contributed by atoms with Gasteiger partial charge in [0.15, 0.2) is 0 Å². The summed E-state index contributed by atoms with van der Waals surface area (Å²) in [5, 5.41) is -0.0761. The SMILES string of the molecule is N[C@@H](c1c(F)cccc1Cl)C(F)F. The second kappa shape index (κ2) is 3.98. The zero-order valence-corrected chi connectivity index (χ0v) is 7.23. The third-order valence-electron chi connectivity index (χ3n) is 1.60. The highest BCUT2D eigenvalue weighted by atomic mass is 35.5. The molecule has 0 aliphatic carbocycles. The molecule has 1 aromatic carbocycles. The van der Waals surface area contributed by atoms with Crippen LogP contribution in [0.25, 0.3) is 0 Å². The highest BCUT2D eigenvalue weighted by molar-refractivity contribution is 6.31. The van der Waals surface area contributed by atoms with Gasteiger partial charge in [-0.15, -0.1) is 0 Å². The minimum atomic E-state index is -2.82. The van der Waals surface area contributed by atoms with Crippen LogP contribution in [0.4, 0.5) is 13.2 Å². The molecule has 1 rings (SSSR count). The second-order valence-electron chi connectivity index (χ2n) is 2.50. The lowest BCUT2D eigenvalue weighted by Crippen LogP contribution is -2.20. The number of alkyl halides is 2. The fourth-order valence-electron chi connectivity index (χ4n) is 0.955. The van der Waals surface area contributed by atoms with Crippen LogP contribution in [0.5, 0.6) is 0 Å². The monoisotopic (exact) mass is 209 g/mol. The van der Waals surface area contributed by atoms with Gasteiger partial charge >= 0.3 is 0 Å². The van der Waals surface area contributed by atoms with Crippen molar-refractivity contribution in [3.05, 3.63) is 34.6 Å². The largest absolute Gasteiger partial charge is 0.319 e. The molecule has 2 N–H and O–H groups in total. The summed E-state index contributed by atoms with van der Waals surface area (Å²) < 4.78 is 37.2. The van der Waals surface area contributed by atoms with Gasteiger partial charge in [-0.1, -0.05) is 17.7 Å². The van der Waals surface area contributed by atoms with Crippen molar-refractivity contribution in [2.24, 2.45) is 5.73 Å². The van der Waals surface area contributed by atoms with Crippen molar-refractivity contribution >= 4 is 11.6 Å². The van der Waals surface area contributed by atoms with Crippen LogP contribution in [0.3, 0.4) is 0 Å². The number of benzene rings is 1. The maximum absolute atomic E-state index is 13.0. The van der Waals surface area contributed by atoms with Gasteiger partial charge in [0.05, 0.1) is 6.04 Å². The van der Waals surface area contributed by atoms with Crippen LogP contribution in [-0.4, -0.2) is 6.43 Å². The van der Waals surface area contributed by atoms with Gasteiger partial charge in [-0.2, -0.15) is 0 Å². The molecule has 13 heavy (non-hydrogen) atoms. The summed E-state index contributed by atoms with van der Waals surface area (Å²) in [4.78, 5) is 0. The Balaban J connectivity index is 3.12. The predicted molar refractivity (Wildman–Crippen MR) is 44.3 cm³/mol. The van der Waals surface area contributed by atoms with Crippen LogP contribution in [0.2, 0.25) is 5.02 Å². The summed E-state index contributed by atoms with van der Waals surface area (Å²) >= 11 is 5.52. The number of rotatable bonds is 2. The third kappa shape index (κ3) is 2.14. The molecule has 0 heterocycles. The quantitative estimate of drug-likeness (QED) is 0.796. The summed E-state index contributed by atoms with van der Waals surface area (Å²) in [5.74, 6) is -0.805. The topological polar surface area (TPSA) is 26.0 Å². The van der Waals surface area contributed by atoms with Crippen molar-refractivity contribution in [3.63, 3.8) is 0 Å².